The Bertz CT molecular complexity index is 577. The van der Waals surface area contributed by atoms with E-state index in [4.69, 9.17) is 23.2 Å². The van der Waals surface area contributed by atoms with Crippen LogP contribution in [0.5, 0.6) is 0 Å². The first kappa shape index (κ1) is 16.3. The quantitative estimate of drug-likeness (QED) is 0.850. The number of nitrogens with one attached hydrogen (secondary N) is 1. The van der Waals surface area contributed by atoms with Crippen molar-refractivity contribution >= 4 is 23.2 Å². The largest absolute Gasteiger partial charge is 0.309 e. The number of halogens is 2. The maximum atomic E-state index is 6.01. The smallest absolute Gasteiger partial charge is 0.0424 e. The standard InChI is InChI=1S/C17H20Cl2N2/c1-21(2)12-15-6-4-3-5-14(15)11-20-10-13-7-16(18)9-17(19)8-13/h3-9,20H,10-12H2,1-2H3. The van der Waals surface area contributed by atoms with Crippen molar-refractivity contribution in [3.63, 3.8) is 0 Å². The van der Waals surface area contributed by atoms with Crippen molar-refractivity contribution in [3.8, 4) is 0 Å². The Balaban J connectivity index is 1.97. The molecule has 2 aromatic carbocycles. The van der Waals surface area contributed by atoms with Crippen LogP contribution in [0.1, 0.15) is 16.7 Å². The second-order valence-electron chi connectivity index (χ2n) is 5.39. The Kier molecular flexibility index (Phi) is 6.07. The molecular formula is C17H20Cl2N2. The first-order valence-corrected chi connectivity index (χ1v) is 7.67. The molecule has 0 heterocycles. The Hall–Kier alpha value is -1.06. The van der Waals surface area contributed by atoms with E-state index in [-0.39, 0.29) is 0 Å². The van der Waals surface area contributed by atoms with Crippen LogP contribution in [0.15, 0.2) is 42.5 Å². The molecule has 0 aliphatic carbocycles. The molecule has 0 bridgehead atoms. The fourth-order valence-electron chi connectivity index (χ4n) is 2.28. The molecule has 0 aliphatic rings. The van der Waals surface area contributed by atoms with Crippen LogP contribution < -0.4 is 5.32 Å². The molecule has 1 N–H and O–H groups in total. The predicted molar refractivity (Wildman–Crippen MR) is 90.8 cm³/mol. The molecule has 4 heteroatoms. The van der Waals surface area contributed by atoms with E-state index in [1.54, 1.807) is 6.07 Å². The zero-order valence-corrected chi connectivity index (χ0v) is 13.9. The number of benzene rings is 2. The third-order valence-corrected chi connectivity index (χ3v) is 3.61. The van der Waals surface area contributed by atoms with Gasteiger partial charge in [0.25, 0.3) is 0 Å². The Morgan fingerprint density at radius 2 is 1.52 bits per heavy atom. The molecule has 0 amide bonds. The molecule has 112 valence electrons. The number of hydrogen-bond donors (Lipinski definition) is 1. The fourth-order valence-corrected chi connectivity index (χ4v) is 2.85. The Labute approximate surface area is 136 Å². The van der Waals surface area contributed by atoms with Gasteiger partial charge in [-0.1, -0.05) is 47.5 Å². The first-order valence-electron chi connectivity index (χ1n) is 6.92. The Morgan fingerprint density at radius 1 is 0.905 bits per heavy atom. The van der Waals surface area contributed by atoms with Crippen molar-refractivity contribution in [1.82, 2.24) is 10.2 Å². The second-order valence-corrected chi connectivity index (χ2v) is 6.26. The molecule has 0 saturated heterocycles. The monoisotopic (exact) mass is 322 g/mol. The summed E-state index contributed by atoms with van der Waals surface area (Å²) in [5, 5.41) is 4.80. The van der Waals surface area contributed by atoms with E-state index < -0.39 is 0 Å². The van der Waals surface area contributed by atoms with Crippen LogP contribution in [-0.2, 0) is 19.6 Å². The summed E-state index contributed by atoms with van der Waals surface area (Å²) in [5.74, 6) is 0. The summed E-state index contributed by atoms with van der Waals surface area (Å²) in [7, 11) is 4.16. The highest BCUT2D eigenvalue weighted by Gasteiger charge is 2.03. The van der Waals surface area contributed by atoms with Gasteiger partial charge in [0.15, 0.2) is 0 Å². The van der Waals surface area contributed by atoms with Crippen molar-refractivity contribution in [2.75, 3.05) is 14.1 Å². The van der Waals surface area contributed by atoms with Crippen LogP contribution in [0.25, 0.3) is 0 Å². The van der Waals surface area contributed by atoms with Crippen LogP contribution in [0.3, 0.4) is 0 Å². The predicted octanol–water partition coefficient (Wildman–Crippen LogP) is 4.34. The van der Waals surface area contributed by atoms with Gasteiger partial charge < -0.3 is 10.2 Å². The highest BCUT2D eigenvalue weighted by atomic mass is 35.5. The number of rotatable bonds is 6. The lowest BCUT2D eigenvalue weighted by atomic mass is 10.1. The summed E-state index contributed by atoms with van der Waals surface area (Å²) in [6, 6.07) is 14.1. The average Bonchev–Trinajstić information content (AvgIpc) is 2.39. The minimum absolute atomic E-state index is 0.673. The van der Waals surface area contributed by atoms with Gasteiger partial charge in [0.2, 0.25) is 0 Å². The van der Waals surface area contributed by atoms with Gasteiger partial charge in [0.05, 0.1) is 0 Å². The lowest BCUT2D eigenvalue weighted by Gasteiger charge is -2.14. The molecule has 2 nitrogen and oxygen atoms in total. The van der Waals surface area contributed by atoms with Gasteiger partial charge in [0.1, 0.15) is 0 Å². The molecule has 0 unspecified atom stereocenters. The molecular weight excluding hydrogens is 303 g/mol. The number of nitrogens with zero attached hydrogens (tertiary/aromatic N) is 1. The van der Waals surface area contributed by atoms with Gasteiger partial charge in [-0.15, -0.1) is 0 Å². The van der Waals surface area contributed by atoms with Gasteiger partial charge >= 0.3 is 0 Å². The van der Waals surface area contributed by atoms with Crippen molar-refractivity contribution in [1.29, 1.82) is 0 Å². The fraction of sp³-hybridized carbons (Fsp3) is 0.294. The normalized spacial score (nSPS) is 11.1. The van der Waals surface area contributed by atoms with Gasteiger partial charge in [-0.05, 0) is 49.0 Å². The van der Waals surface area contributed by atoms with Gasteiger partial charge in [-0.3, -0.25) is 0 Å². The van der Waals surface area contributed by atoms with E-state index in [0.29, 0.717) is 10.0 Å². The SMILES string of the molecule is CN(C)Cc1ccccc1CNCc1cc(Cl)cc(Cl)c1. The van der Waals surface area contributed by atoms with E-state index in [2.05, 4.69) is 48.6 Å². The zero-order valence-electron chi connectivity index (χ0n) is 12.4. The molecule has 0 radical (unpaired) electrons. The van der Waals surface area contributed by atoms with E-state index in [9.17, 15) is 0 Å². The summed E-state index contributed by atoms with van der Waals surface area (Å²) in [4.78, 5) is 2.18. The average molecular weight is 323 g/mol. The molecule has 0 atom stereocenters. The van der Waals surface area contributed by atoms with E-state index in [1.807, 2.05) is 12.1 Å². The maximum Gasteiger partial charge on any atom is 0.0424 e. The maximum absolute atomic E-state index is 6.01. The van der Waals surface area contributed by atoms with Gasteiger partial charge in [0, 0.05) is 29.7 Å². The lowest BCUT2D eigenvalue weighted by Crippen LogP contribution is -2.17. The van der Waals surface area contributed by atoms with E-state index in [1.165, 1.54) is 11.1 Å². The topological polar surface area (TPSA) is 15.3 Å². The van der Waals surface area contributed by atoms with Crippen molar-refractivity contribution in [2.45, 2.75) is 19.6 Å². The van der Waals surface area contributed by atoms with Crippen LogP contribution in [0.2, 0.25) is 10.0 Å². The molecule has 0 aliphatic heterocycles. The Morgan fingerprint density at radius 3 is 2.14 bits per heavy atom. The second kappa shape index (κ2) is 7.81. The third kappa shape index (κ3) is 5.33. The van der Waals surface area contributed by atoms with Gasteiger partial charge in [-0.25, -0.2) is 0 Å². The molecule has 0 fully saturated rings. The first-order chi connectivity index (χ1) is 10.0. The molecule has 2 rings (SSSR count). The van der Waals surface area contributed by atoms with Crippen LogP contribution in [0, 0.1) is 0 Å². The van der Waals surface area contributed by atoms with Crippen molar-refractivity contribution < 1.29 is 0 Å². The van der Waals surface area contributed by atoms with E-state index >= 15 is 0 Å². The number of hydrogen-bond acceptors (Lipinski definition) is 2. The van der Waals surface area contributed by atoms with Crippen molar-refractivity contribution in [2.24, 2.45) is 0 Å². The van der Waals surface area contributed by atoms with Crippen LogP contribution >= 0.6 is 23.2 Å². The molecule has 2 aromatic rings. The highest BCUT2D eigenvalue weighted by Crippen LogP contribution is 2.19. The molecule has 0 saturated carbocycles. The summed E-state index contributed by atoms with van der Waals surface area (Å²) in [6.07, 6.45) is 0. The van der Waals surface area contributed by atoms with Gasteiger partial charge in [-0.2, -0.15) is 0 Å². The lowest BCUT2D eigenvalue weighted by molar-refractivity contribution is 0.400. The minimum Gasteiger partial charge on any atom is -0.309 e. The van der Waals surface area contributed by atoms with E-state index in [0.717, 1.165) is 25.2 Å². The summed E-state index contributed by atoms with van der Waals surface area (Å²) < 4.78 is 0. The summed E-state index contributed by atoms with van der Waals surface area (Å²) >= 11 is 12.0. The van der Waals surface area contributed by atoms with Crippen LogP contribution in [-0.4, -0.2) is 19.0 Å². The minimum atomic E-state index is 0.673. The molecule has 21 heavy (non-hydrogen) atoms. The molecule has 0 aromatic heterocycles. The summed E-state index contributed by atoms with van der Waals surface area (Å²) in [6.45, 7) is 2.52. The highest BCUT2D eigenvalue weighted by molar-refractivity contribution is 6.34. The summed E-state index contributed by atoms with van der Waals surface area (Å²) in [5.41, 5.74) is 3.76. The third-order valence-electron chi connectivity index (χ3n) is 3.17. The zero-order chi connectivity index (χ0) is 15.2. The molecule has 0 spiro atoms. The van der Waals surface area contributed by atoms with Crippen LogP contribution in [0.4, 0.5) is 0 Å². The van der Waals surface area contributed by atoms with Crippen molar-refractivity contribution in [3.05, 3.63) is 69.2 Å².